The molecule has 1 aliphatic heterocycles. The fraction of sp³-hybridized carbons (Fsp3) is 0.292. The summed E-state index contributed by atoms with van der Waals surface area (Å²) in [5.41, 5.74) is 1.35. The van der Waals surface area contributed by atoms with Crippen LogP contribution >= 0.6 is 0 Å². The van der Waals surface area contributed by atoms with Crippen molar-refractivity contribution in [2.75, 3.05) is 18.4 Å². The molecular formula is C24H26N4O5S. The summed E-state index contributed by atoms with van der Waals surface area (Å²) in [5.74, 6) is -0.683. The first-order chi connectivity index (χ1) is 16.1. The van der Waals surface area contributed by atoms with Crippen LogP contribution in [0, 0.1) is 6.92 Å². The number of rotatable bonds is 5. The van der Waals surface area contributed by atoms with Gasteiger partial charge in [-0.15, -0.1) is 0 Å². The number of benzene rings is 2. The number of ether oxygens (including phenoxy) is 1. The second-order valence-corrected chi connectivity index (χ2v) is 10.3. The van der Waals surface area contributed by atoms with Crippen molar-refractivity contribution in [1.82, 2.24) is 14.1 Å². The van der Waals surface area contributed by atoms with Crippen molar-refractivity contribution in [3.63, 3.8) is 0 Å². The van der Waals surface area contributed by atoms with E-state index >= 15 is 0 Å². The van der Waals surface area contributed by atoms with Gasteiger partial charge < -0.3 is 10.1 Å². The van der Waals surface area contributed by atoms with Crippen molar-refractivity contribution < 1.29 is 17.9 Å². The Hall–Kier alpha value is -3.34. The highest BCUT2D eigenvalue weighted by molar-refractivity contribution is 7.89. The number of carbonyl (C=O) groups excluding carboxylic acids is 1. The second-order valence-electron chi connectivity index (χ2n) is 8.37. The van der Waals surface area contributed by atoms with Gasteiger partial charge in [-0.25, -0.2) is 13.1 Å². The molecule has 0 saturated carbocycles. The van der Waals surface area contributed by atoms with E-state index in [4.69, 9.17) is 4.74 Å². The van der Waals surface area contributed by atoms with Gasteiger partial charge in [0.25, 0.3) is 5.91 Å². The largest absolute Gasteiger partial charge is 0.373 e. The Labute approximate surface area is 198 Å². The van der Waals surface area contributed by atoms with E-state index < -0.39 is 21.4 Å². The van der Waals surface area contributed by atoms with E-state index in [0.29, 0.717) is 11.4 Å². The molecule has 2 atom stereocenters. The predicted octanol–water partition coefficient (Wildman–Crippen LogP) is 2.59. The standard InChI is InChI=1S/C24H26N4O5S/c1-16-4-8-20(9-5-16)28-13-12-22(29)23(26-28)24(30)25-19-6-10-21(11-7-19)34(31,32)27-14-17(2)33-18(3)15-27/h4-13,17-18H,14-15H2,1-3H3,(H,25,30)/t17-,18-/m1/s1. The lowest BCUT2D eigenvalue weighted by molar-refractivity contribution is -0.0440. The van der Waals surface area contributed by atoms with Gasteiger partial charge in [0.2, 0.25) is 15.5 Å². The summed E-state index contributed by atoms with van der Waals surface area (Å²) in [4.78, 5) is 25.1. The van der Waals surface area contributed by atoms with Gasteiger partial charge in [0.05, 0.1) is 22.8 Å². The van der Waals surface area contributed by atoms with E-state index in [1.807, 2.05) is 45.0 Å². The number of morpholine rings is 1. The third-order valence-electron chi connectivity index (χ3n) is 5.46. The smallest absolute Gasteiger partial charge is 0.280 e. The summed E-state index contributed by atoms with van der Waals surface area (Å²) in [6, 6.07) is 14.6. The van der Waals surface area contributed by atoms with E-state index in [1.165, 1.54) is 45.5 Å². The number of nitrogens with zero attached hydrogens (tertiary/aromatic N) is 3. The average Bonchev–Trinajstić information content (AvgIpc) is 2.79. The number of nitrogens with one attached hydrogen (secondary N) is 1. The highest BCUT2D eigenvalue weighted by atomic mass is 32.2. The SMILES string of the molecule is Cc1ccc(-n2ccc(=O)c(C(=O)Nc3ccc(S(=O)(=O)N4C[C@@H](C)O[C@H](C)C4)cc3)n2)cc1. The molecule has 1 N–H and O–H groups in total. The lowest BCUT2D eigenvalue weighted by Gasteiger charge is -2.34. The highest BCUT2D eigenvalue weighted by Gasteiger charge is 2.32. The lowest BCUT2D eigenvalue weighted by Crippen LogP contribution is -2.48. The molecule has 0 radical (unpaired) electrons. The van der Waals surface area contributed by atoms with Crippen molar-refractivity contribution >= 4 is 21.6 Å². The minimum atomic E-state index is -3.70. The monoisotopic (exact) mass is 482 g/mol. The van der Waals surface area contributed by atoms with Gasteiger partial charge in [-0.3, -0.25) is 9.59 Å². The molecule has 1 saturated heterocycles. The molecule has 2 heterocycles. The molecule has 1 aliphatic rings. The minimum absolute atomic E-state index is 0.117. The Morgan fingerprint density at radius 2 is 1.62 bits per heavy atom. The number of aryl methyl sites for hydroxylation is 1. The zero-order valence-electron chi connectivity index (χ0n) is 19.1. The van der Waals surface area contributed by atoms with Gasteiger partial charge in [0, 0.05) is 31.0 Å². The summed E-state index contributed by atoms with van der Waals surface area (Å²) in [7, 11) is -3.70. The molecule has 2 aromatic carbocycles. The zero-order valence-corrected chi connectivity index (χ0v) is 20.0. The van der Waals surface area contributed by atoms with Crippen molar-refractivity contribution in [2.24, 2.45) is 0 Å². The molecule has 1 fully saturated rings. The maximum atomic E-state index is 13.0. The summed E-state index contributed by atoms with van der Waals surface area (Å²) in [6.45, 7) is 6.18. The third kappa shape index (κ3) is 5.09. The van der Waals surface area contributed by atoms with Crippen LogP contribution in [0.3, 0.4) is 0 Å². The van der Waals surface area contributed by atoms with Crippen molar-refractivity contribution in [3.05, 3.63) is 82.3 Å². The number of hydrogen-bond acceptors (Lipinski definition) is 6. The van der Waals surface area contributed by atoms with Crippen LogP contribution < -0.4 is 10.7 Å². The molecule has 3 aromatic rings. The van der Waals surface area contributed by atoms with Gasteiger partial charge in [-0.2, -0.15) is 9.40 Å². The van der Waals surface area contributed by atoms with E-state index in [2.05, 4.69) is 10.4 Å². The molecule has 9 nitrogen and oxygen atoms in total. The number of anilines is 1. The van der Waals surface area contributed by atoms with E-state index in [1.54, 1.807) is 0 Å². The third-order valence-corrected chi connectivity index (χ3v) is 7.30. The Morgan fingerprint density at radius 1 is 1.00 bits per heavy atom. The fourth-order valence-electron chi connectivity index (χ4n) is 3.78. The molecule has 178 valence electrons. The Bertz CT molecular complexity index is 1340. The van der Waals surface area contributed by atoms with Crippen LogP contribution in [0.2, 0.25) is 0 Å². The van der Waals surface area contributed by atoms with Gasteiger partial charge in [0.15, 0.2) is 5.69 Å². The van der Waals surface area contributed by atoms with Crippen molar-refractivity contribution in [3.8, 4) is 5.69 Å². The summed E-state index contributed by atoms with van der Waals surface area (Å²) in [6.07, 6.45) is 1.11. The van der Waals surface area contributed by atoms with E-state index in [9.17, 15) is 18.0 Å². The topological polar surface area (TPSA) is 111 Å². The molecule has 0 bridgehead atoms. The molecule has 0 aliphatic carbocycles. The van der Waals surface area contributed by atoms with Crippen LogP contribution in [-0.4, -0.2) is 53.7 Å². The Kier molecular flexibility index (Phi) is 6.65. The maximum absolute atomic E-state index is 13.0. The molecule has 4 rings (SSSR count). The first-order valence-corrected chi connectivity index (χ1v) is 12.3. The number of sulfonamides is 1. The van der Waals surface area contributed by atoms with E-state index in [-0.39, 0.29) is 35.9 Å². The maximum Gasteiger partial charge on any atom is 0.280 e. The number of carbonyl (C=O) groups is 1. The number of amides is 1. The van der Waals surface area contributed by atoms with Gasteiger partial charge in [-0.05, 0) is 57.2 Å². The second kappa shape index (κ2) is 9.49. The highest BCUT2D eigenvalue weighted by Crippen LogP contribution is 2.22. The fourth-order valence-corrected chi connectivity index (χ4v) is 5.37. The van der Waals surface area contributed by atoms with Crippen molar-refractivity contribution in [2.45, 2.75) is 37.9 Å². The van der Waals surface area contributed by atoms with Gasteiger partial charge in [-0.1, -0.05) is 17.7 Å². The summed E-state index contributed by atoms with van der Waals surface area (Å²) < 4.78 is 34.5. The van der Waals surface area contributed by atoms with Crippen LogP contribution in [0.15, 0.2) is 70.5 Å². The van der Waals surface area contributed by atoms with Crippen LogP contribution in [0.4, 0.5) is 5.69 Å². The predicted molar refractivity (Wildman–Crippen MR) is 128 cm³/mol. The summed E-state index contributed by atoms with van der Waals surface area (Å²) >= 11 is 0. The Morgan fingerprint density at radius 3 is 2.24 bits per heavy atom. The van der Waals surface area contributed by atoms with E-state index in [0.717, 1.165) is 5.56 Å². The van der Waals surface area contributed by atoms with Crippen LogP contribution in [-0.2, 0) is 14.8 Å². The van der Waals surface area contributed by atoms with Crippen molar-refractivity contribution in [1.29, 1.82) is 0 Å². The zero-order chi connectivity index (χ0) is 24.5. The first-order valence-electron chi connectivity index (χ1n) is 10.9. The van der Waals surface area contributed by atoms with Crippen LogP contribution in [0.25, 0.3) is 5.69 Å². The van der Waals surface area contributed by atoms with Gasteiger partial charge in [0.1, 0.15) is 0 Å². The molecule has 0 unspecified atom stereocenters. The molecule has 10 heteroatoms. The molecule has 1 amide bonds. The van der Waals surface area contributed by atoms with Crippen LogP contribution in [0.5, 0.6) is 0 Å². The Balaban J connectivity index is 1.52. The first kappa shape index (κ1) is 23.8. The molecule has 34 heavy (non-hydrogen) atoms. The minimum Gasteiger partial charge on any atom is -0.373 e. The van der Waals surface area contributed by atoms with Gasteiger partial charge >= 0.3 is 0 Å². The lowest BCUT2D eigenvalue weighted by atomic mass is 10.2. The quantitative estimate of drug-likeness (QED) is 0.599. The molecule has 1 aromatic heterocycles. The summed E-state index contributed by atoms with van der Waals surface area (Å²) in [5, 5.41) is 6.79. The number of hydrogen-bond donors (Lipinski definition) is 1. The van der Waals surface area contributed by atoms with Crippen LogP contribution in [0.1, 0.15) is 29.9 Å². The number of aromatic nitrogens is 2. The molecular weight excluding hydrogens is 456 g/mol. The molecule has 0 spiro atoms. The average molecular weight is 483 g/mol. The normalized spacial score (nSPS) is 19.0.